The summed E-state index contributed by atoms with van der Waals surface area (Å²) in [7, 11) is 0. The van der Waals surface area contributed by atoms with Crippen molar-refractivity contribution in [3.63, 3.8) is 0 Å². The van der Waals surface area contributed by atoms with Gasteiger partial charge in [0.25, 0.3) is 0 Å². The van der Waals surface area contributed by atoms with E-state index in [1.54, 1.807) is 6.33 Å². The van der Waals surface area contributed by atoms with E-state index in [9.17, 15) is 4.79 Å². The molecular formula is C13H23N5O2. The van der Waals surface area contributed by atoms with Gasteiger partial charge in [0.1, 0.15) is 12.2 Å². The third kappa shape index (κ3) is 4.01. The Kier molecular flexibility index (Phi) is 5.49. The number of hydrogen-bond acceptors (Lipinski definition) is 5. The van der Waals surface area contributed by atoms with Crippen LogP contribution in [0.25, 0.3) is 0 Å². The Hall–Kier alpha value is -1.47. The SMILES string of the molecule is CC(C)n1ncnc1CNCCC(=O)N1CCOCC1. The number of rotatable bonds is 6. The summed E-state index contributed by atoms with van der Waals surface area (Å²) in [6.07, 6.45) is 2.08. The summed E-state index contributed by atoms with van der Waals surface area (Å²) in [6.45, 7) is 8.14. The molecule has 20 heavy (non-hydrogen) atoms. The minimum absolute atomic E-state index is 0.186. The van der Waals surface area contributed by atoms with Gasteiger partial charge in [-0.15, -0.1) is 0 Å². The molecule has 0 atom stereocenters. The van der Waals surface area contributed by atoms with E-state index < -0.39 is 0 Å². The van der Waals surface area contributed by atoms with Gasteiger partial charge in [-0.25, -0.2) is 9.67 Å². The van der Waals surface area contributed by atoms with E-state index in [4.69, 9.17) is 4.74 Å². The van der Waals surface area contributed by atoms with E-state index in [0.717, 1.165) is 5.82 Å². The van der Waals surface area contributed by atoms with Crippen molar-refractivity contribution in [2.45, 2.75) is 32.9 Å². The van der Waals surface area contributed by atoms with Crippen LogP contribution in [0.5, 0.6) is 0 Å². The van der Waals surface area contributed by atoms with Crippen LogP contribution in [0.3, 0.4) is 0 Å². The van der Waals surface area contributed by atoms with Crippen molar-refractivity contribution in [1.29, 1.82) is 0 Å². The van der Waals surface area contributed by atoms with E-state index in [2.05, 4.69) is 29.2 Å². The molecule has 1 aromatic heterocycles. The third-order valence-electron chi connectivity index (χ3n) is 3.30. The van der Waals surface area contributed by atoms with Crippen molar-refractivity contribution >= 4 is 5.91 Å². The van der Waals surface area contributed by atoms with Crippen LogP contribution in [0.1, 0.15) is 32.1 Å². The Morgan fingerprint density at radius 1 is 1.45 bits per heavy atom. The molecule has 1 aliphatic rings. The standard InChI is InChI=1S/C13H23N5O2/c1-11(2)18-12(15-10-16-18)9-14-4-3-13(19)17-5-7-20-8-6-17/h10-11,14H,3-9H2,1-2H3. The predicted molar refractivity (Wildman–Crippen MR) is 74.1 cm³/mol. The first-order valence-electron chi connectivity index (χ1n) is 7.13. The summed E-state index contributed by atoms with van der Waals surface area (Å²) in [5, 5.41) is 7.43. The van der Waals surface area contributed by atoms with Gasteiger partial charge in [-0.3, -0.25) is 4.79 Å². The second-order valence-corrected chi connectivity index (χ2v) is 5.13. The minimum Gasteiger partial charge on any atom is -0.378 e. The van der Waals surface area contributed by atoms with Crippen LogP contribution >= 0.6 is 0 Å². The molecule has 1 aromatic rings. The molecule has 1 amide bonds. The zero-order valence-electron chi connectivity index (χ0n) is 12.2. The van der Waals surface area contributed by atoms with Crippen LogP contribution in [-0.4, -0.2) is 58.4 Å². The van der Waals surface area contributed by atoms with Crippen LogP contribution < -0.4 is 5.32 Å². The van der Waals surface area contributed by atoms with Crippen molar-refractivity contribution in [1.82, 2.24) is 25.0 Å². The fourth-order valence-electron chi connectivity index (χ4n) is 2.20. The minimum atomic E-state index is 0.186. The average molecular weight is 281 g/mol. The Labute approximate surface area is 119 Å². The van der Waals surface area contributed by atoms with Crippen LogP contribution in [0.4, 0.5) is 0 Å². The highest BCUT2D eigenvalue weighted by molar-refractivity contribution is 5.76. The van der Waals surface area contributed by atoms with Gasteiger partial charge in [-0.1, -0.05) is 0 Å². The molecule has 0 aliphatic carbocycles. The molecule has 112 valence electrons. The number of aromatic nitrogens is 3. The molecule has 0 saturated carbocycles. The lowest BCUT2D eigenvalue weighted by molar-refractivity contribution is -0.135. The van der Waals surface area contributed by atoms with Crippen LogP contribution in [0, 0.1) is 0 Å². The molecule has 0 radical (unpaired) electrons. The van der Waals surface area contributed by atoms with Gasteiger partial charge >= 0.3 is 0 Å². The topological polar surface area (TPSA) is 72.3 Å². The van der Waals surface area contributed by atoms with Crippen LogP contribution in [0.15, 0.2) is 6.33 Å². The van der Waals surface area contributed by atoms with Gasteiger partial charge in [-0.05, 0) is 13.8 Å². The molecular weight excluding hydrogens is 258 g/mol. The Morgan fingerprint density at radius 2 is 2.20 bits per heavy atom. The molecule has 1 N–H and O–H groups in total. The molecule has 0 unspecified atom stereocenters. The van der Waals surface area contributed by atoms with Crippen LogP contribution in [0.2, 0.25) is 0 Å². The number of ether oxygens (including phenoxy) is 1. The van der Waals surface area contributed by atoms with E-state index in [1.807, 2.05) is 9.58 Å². The molecule has 2 heterocycles. The van der Waals surface area contributed by atoms with Crippen molar-refractivity contribution in [3.05, 3.63) is 12.2 Å². The highest BCUT2D eigenvalue weighted by Crippen LogP contribution is 2.04. The van der Waals surface area contributed by atoms with E-state index >= 15 is 0 Å². The summed E-state index contributed by atoms with van der Waals surface area (Å²) >= 11 is 0. The largest absolute Gasteiger partial charge is 0.378 e. The first-order chi connectivity index (χ1) is 9.68. The number of amides is 1. The zero-order valence-corrected chi connectivity index (χ0v) is 12.2. The average Bonchev–Trinajstić information content (AvgIpc) is 2.93. The van der Waals surface area contributed by atoms with Gasteiger partial charge < -0.3 is 15.0 Å². The summed E-state index contributed by atoms with van der Waals surface area (Å²) < 4.78 is 7.12. The molecule has 7 nitrogen and oxygen atoms in total. The normalized spacial score (nSPS) is 15.8. The Bertz CT molecular complexity index is 426. The Morgan fingerprint density at radius 3 is 2.90 bits per heavy atom. The molecule has 1 aliphatic heterocycles. The maximum atomic E-state index is 11.9. The molecule has 0 aromatic carbocycles. The molecule has 1 fully saturated rings. The Balaban J connectivity index is 1.68. The van der Waals surface area contributed by atoms with Gasteiger partial charge in [0, 0.05) is 32.1 Å². The molecule has 0 spiro atoms. The van der Waals surface area contributed by atoms with Gasteiger partial charge in [0.05, 0.1) is 19.8 Å². The summed E-state index contributed by atoms with van der Waals surface area (Å²) in [4.78, 5) is 18.0. The highest BCUT2D eigenvalue weighted by Gasteiger charge is 2.16. The maximum absolute atomic E-state index is 11.9. The zero-order chi connectivity index (χ0) is 14.4. The van der Waals surface area contributed by atoms with E-state index in [0.29, 0.717) is 51.9 Å². The third-order valence-corrected chi connectivity index (χ3v) is 3.30. The van der Waals surface area contributed by atoms with Gasteiger partial charge in [0.15, 0.2) is 0 Å². The van der Waals surface area contributed by atoms with Gasteiger partial charge in [0.2, 0.25) is 5.91 Å². The number of carbonyl (C=O) groups excluding carboxylic acids is 1. The second-order valence-electron chi connectivity index (χ2n) is 5.13. The predicted octanol–water partition coefficient (Wildman–Crippen LogP) is 0.198. The number of carbonyl (C=O) groups is 1. The highest BCUT2D eigenvalue weighted by atomic mass is 16.5. The van der Waals surface area contributed by atoms with Crippen molar-refractivity contribution in [2.24, 2.45) is 0 Å². The van der Waals surface area contributed by atoms with E-state index in [-0.39, 0.29) is 5.91 Å². The van der Waals surface area contributed by atoms with Crippen molar-refractivity contribution < 1.29 is 9.53 Å². The summed E-state index contributed by atoms with van der Waals surface area (Å²) in [6, 6.07) is 0.296. The van der Waals surface area contributed by atoms with E-state index in [1.165, 1.54) is 0 Å². The first kappa shape index (κ1) is 14.9. The maximum Gasteiger partial charge on any atom is 0.224 e. The number of hydrogen-bond donors (Lipinski definition) is 1. The summed E-state index contributed by atoms with van der Waals surface area (Å²) in [5.41, 5.74) is 0. The number of nitrogens with one attached hydrogen (secondary N) is 1. The lowest BCUT2D eigenvalue weighted by atomic mass is 10.3. The van der Waals surface area contributed by atoms with Crippen molar-refractivity contribution in [3.8, 4) is 0 Å². The quantitative estimate of drug-likeness (QED) is 0.754. The lowest BCUT2D eigenvalue weighted by Crippen LogP contribution is -2.41. The molecule has 2 rings (SSSR count). The monoisotopic (exact) mass is 281 g/mol. The smallest absolute Gasteiger partial charge is 0.224 e. The molecule has 7 heteroatoms. The van der Waals surface area contributed by atoms with Crippen LogP contribution in [-0.2, 0) is 16.1 Å². The first-order valence-corrected chi connectivity index (χ1v) is 7.13. The van der Waals surface area contributed by atoms with Crippen molar-refractivity contribution in [2.75, 3.05) is 32.8 Å². The lowest BCUT2D eigenvalue weighted by Gasteiger charge is -2.26. The second kappa shape index (κ2) is 7.35. The number of nitrogens with zero attached hydrogens (tertiary/aromatic N) is 4. The fourth-order valence-corrected chi connectivity index (χ4v) is 2.20. The van der Waals surface area contributed by atoms with Gasteiger partial charge in [-0.2, -0.15) is 5.10 Å². The summed E-state index contributed by atoms with van der Waals surface area (Å²) in [5.74, 6) is 1.09. The fraction of sp³-hybridized carbons (Fsp3) is 0.769. The molecule has 1 saturated heterocycles. The number of morpholine rings is 1. The molecule has 0 bridgehead atoms.